The van der Waals surface area contributed by atoms with E-state index in [1.807, 2.05) is 6.07 Å². The summed E-state index contributed by atoms with van der Waals surface area (Å²) >= 11 is 1.13. The van der Waals surface area contributed by atoms with Crippen LogP contribution in [0.3, 0.4) is 0 Å². The number of hydrogen-bond acceptors (Lipinski definition) is 11. The third kappa shape index (κ3) is 4.18. The lowest BCUT2D eigenvalue weighted by molar-refractivity contribution is 0.108. The monoisotopic (exact) mass is 576 g/mol. The van der Waals surface area contributed by atoms with E-state index in [2.05, 4.69) is 20.1 Å². The lowest BCUT2D eigenvalue weighted by Gasteiger charge is -2.34. The van der Waals surface area contributed by atoms with Gasteiger partial charge in [-0.25, -0.2) is 14.4 Å². The largest absolute Gasteiger partial charge is 0.481 e. The van der Waals surface area contributed by atoms with Crippen LogP contribution in [0.2, 0.25) is 0 Å². The summed E-state index contributed by atoms with van der Waals surface area (Å²) in [6.07, 6.45) is 7.02. The Labute approximate surface area is 241 Å². The van der Waals surface area contributed by atoms with Crippen molar-refractivity contribution in [3.8, 4) is 23.0 Å². The first-order valence-electron chi connectivity index (χ1n) is 14.5. The van der Waals surface area contributed by atoms with E-state index in [-0.39, 0.29) is 11.4 Å². The van der Waals surface area contributed by atoms with Crippen molar-refractivity contribution in [2.45, 2.75) is 56.1 Å². The Bertz CT molecular complexity index is 1640. The van der Waals surface area contributed by atoms with Crippen LogP contribution < -0.4 is 25.4 Å². The van der Waals surface area contributed by atoms with Crippen LogP contribution in [0.15, 0.2) is 18.2 Å². The molecule has 12 heteroatoms. The van der Waals surface area contributed by atoms with Crippen LogP contribution in [0, 0.1) is 5.82 Å². The number of nitrogens with zero attached hydrogens (tertiary/aromatic N) is 6. The first kappa shape index (κ1) is 25.4. The number of rotatable bonds is 6. The number of fused-ring (bicyclic) bond motifs is 5. The fourth-order valence-electron chi connectivity index (χ4n) is 7.48. The van der Waals surface area contributed by atoms with E-state index < -0.39 is 0 Å². The van der Waals surface area contributed by atoms with Gasteiger partial charge in [-0.3, -0.25) is 4.90 Å². The number of piperazine rings is 1. The summed E-state index contributed by atoms with van der Waals surface area (Å²) in [7, 11) is 1.59. The normalized spacial score (nSPS) is 23.5. The molecular formula is C29H33FN8O2S. The van der Waals surface area contributed by atoms with Crippen molar-refractivity contribution in [2.75, 3.05) is 50.5 Å². The summed E-state index contributed by atoms with van der Waals surface area (Å²) < 4.78 is 27.3. The van der Waals surface area contributed by atoms with E-state index in [0.717, 1.165) is 69.0 Å². The van der Waals surface area contributed by atoms with Gasteiger partial charge in [0.05, 0.1) is 28.4 Å². The summed E-state index contributed by atoms with van der Waals surface area (Å²) in [5, 5.41) is 4.01. The fraction of sp³-hybridized carbons (Fsp3) is 0.517. The Morgan fingerprint density at radius 3 is 2.59 bits per heavy atom. The van der Waals surface area contributed by atoms with Crippen molar-refractivity contribution in [3.05, 3.63) is 24.0 Å². The Morgan fingerprint density at radius 2 is 1.83 bits per heavy atom. The van der Waals surface area contributed by atoms with Gasteiger partial charge in [0.1, 0.15) is 17.9 Å². The molecule has 8 rings (SSSR count). The second kappa shape index (κ2) is 9.60. The van der Waals surface area contributed by atoms with Gasteiger partial charge in [-0.15, -0.1) is 0 Å². The number of anilines is 2. The molecule has 10 nitrogen and oxygen atoms in total. The molecule has 41 heavy (non-hydrogen) atoms. The zero-order valence-electron chi connectivity index (χ0n) is 23.0. The van der Waals surface area contributed by atoms with Crippen LogP contribution in [0.5, 0.6) is 11.9 Å². The number of halogens is 1. The summed E-state index contributed by atoms with van der Waals surface area (Å²) in [5.41, 5.74) is 9.22. The molecule has 0 spiro atoms. The molecule has 0 saturated carbocycles. The molecule has 2 unspecified atom stereocenters. The highest BCUT2D eigenvalue weighted by Gasteiger charge is 2.45. The number of pyridine rings is 1. The SMILES string of the molecule is COc1nc2c(N3CC4CCC(C3)N4)nc(OCC34CCCN3CCC4)nc2cc1-c1ccc(F)c2sc(N)nc12. The molecule has 4 aromatic rings. The van der Waals surface area contributed by atoms with Crippen LogP contribution in [-0.4, -0.2) is 82.4 Å². The maximum atomic E-state index is 14.6. The summed E-state index contributed by atoms with van der Waals surface area (Å²) in [6, 6.07) is 6.29. The number of aromatic nitrogens is 4. The van der Waals surface area contributed by atoms with Gasteiger partial charge < -0.3 is 25.4 Å². The number of nitrogens with one attached hydrogen (secondary N) is 1. The molecule has 4 aliphatic heterocycles. The van der Waals surface area contributed by atoms with Gasteiger partial charge >= 0.3 is 6.01 Å². The molecule has 4 aliphatic rings. The standard InChI is InChI=1S/C29H33FN8O2S/c1-39-26-19(18-6-7-20(30)24-22(18)35-27(31)41-24)12-21-23(34-26)25(37-13-16-4-5-17(14-37)32-16)36-28(33-21)40-15-29-8-2-10-38(29)11-3-9-29/h6-7,12,16-17,32H,2-5,8-11,13-15H2,1H3,(H2,31,35). The summed E-state index contributed by atoms with van der Waals surface area (Å²) in [4.78, 5) is 24.2. The number of benzene rings is 1. The number of nitrogen functional groups attached to an aromatic ring is 1. The minimum Gasteiger partial charge on any atom is -0.481 e. The third-order valence-corrected chi connectivity index (χ3v) is 10.3. The zero-order valence-corrected chi connectivity index (χ0v) is 23.8. The zero-order chi connectivity index (χ0) is 27.7. The quantitative estimate of drug-likeness (QED) is 0.349. The van der Waals surface area contributed by atoms with Crippen LogP contribution in [-0.2, 0) is 0 Å². The Balaban J connectivity index is 1.26. The van der Waals surface area contributed by atoms with Gasteiger partial charge in [0.15, 0.2) is 10.9 Å². The van der Waals surface area contributed by atoms with Crippen molar-refractivity contribution >= 4 is 43.5 Å². The van der Waals surface area contributed by atoms with Gasteiger partial charge in [0.25, 0.3) is 0 Å². The lowest BCUT2D eigenvalue weighted by Crippen LogP contribution is -2.51. The molecule has 2 bridgehead atoms. The Hall–Kier alpha value is -3.35. The molecule has 0 radical (unpaired) electrons. The highest BCUT2D eigenvalue weighted by Crippen LogP contribution is 2.42. The van der Waals surface area contributed by atoms with E-state index in [1.54, 1.807) is 13.2 Å². The van der Waals surface area contributed by atoms with E-state index in [0.29, 0.717) is 68.1 Å². The predicted octanol–water partition coefficient (Wildman–Crippen LogP) is 3.98. The second-order valence-electron chi connectivity index (χ2n) is 11.8. The number of thiazole rings is 1. The van der Waals surface area contributed by atoms with Gasteiger partial charge in [-0.2, -0.15) is 9.97 Å². The maximum absolute atomic E-state index is 14.6. The molecule has 0 aliphatic carbocycles. The summed E-state index contributed by atoms with van der Waals surface area (Å²) in [5.74, 6) is 0.814. The smallest absolute Gasteiger partial charge is 0.319 e. The number of methoxy groups -OCH3 is 1. The Morgan fingerprint density at radius 1 is 1.05 bits per heavy atom. The van der Waals surface area contributed by atoms with Crippen molar-refractivity contribution in [1.29, 1.82) is 0 Å². The lowest BCUT2D eigenvalue weighted by atomic mass is 9.95. The first-order chi connectivity index (χ1) is 20.0. The first-order valence-corrected chi connectivity index (χ1v) is 15.3. The van der Waals surface area contributed by atoms with E-state index >= 15 is 0 Å². The molecule has 4 saturated heterocycles. The van der Waals surface area contributed by atoms with Crippen molar-refractivity contribution in [2.24, 2.45) is 0 Å². The molecule has 2 atom stereocenters. The molecule has 3 N–H and O–H groups in total. The number of ether oxygens (including phenoxy) is 2. The van der Waals surface area contributed by atoms with Crippen LogP contribution in [0.25, 0.3) is 32.4 Å². The molecule has 0 amide bonds. The number of hydrogen-bond donors (Lipinski definition) is 2. The van der Waals surface area contributed by atoms with E-state index in [9.17, 15) is 4.39 Å². The van der Waals surface area contributed by atoms with Gasteiger partial charge in [0, 0.05) is 36.3 Å². The van der Waals surface area contributed by atoms with E-state index in [4.69, 9.17) is 30.2 Å². The maximum Gasteiger partial charge on any atom is 0.319 e. The third-order valence-electron chi connectivity index (χ3n) is 9.39. The van der Waals surface area contributed by atoms with Crippen molar-refractivity contribution in [1.82, 2.24) is 30.2 Å². The second-order valence-corrected chi connectivity index (χ2v) is 12.8. The average molecular weight is 577 g/mol. The van der Waals surface area contributed by atoms with Gasteiger partial charge in [-0.05, 0) is 69.8 Å². The van der Waals surface area contributed by atoms with E-state index in [1.165, 1.54) is 18.9 Å². The number of nitrogens with two attached hydrogens (primary N) is 1. The minimum absolute atomic E-state index is 0.0836. The molecule has 3 aromatic heterocycles. The van der Waals surface area contributed by atoms with Gasteiger partial charge in [0.2, 0.25) is 5.88 Å². The predicted molar refractivity (Wildman–Crippen MR) is 157 cm³/mol. The Kier molecular flexibility index (Phi) is 5.94. The molecule has 1 aromatic carbocycles. The minimum atomic E-state index is -0.355. The average Bonchev–Trinajstić information content (AvgIpc) is 3.74. The molecular weight excluding hydrogens is 543 g/mol. The van der Waals surface area contributed by atoms with Gasteiger partial charge in [-0.1, -0.05) is 11.3 Å². The molecule has 214 valence electrons. The van der Waals surface area contributed by atoms with Crippen LogP contribution in [0.4, 0.5) is 15.3 Å². The molecule has 4 fully saturated rings. The summed E-state index contributed by atoms with van der Waals surface area (Å²) in [6.45, 7) is 4.55. The van der Waals surface area contributed by atoms with Crippen molar-refractivity contribution in [3.63, 3.8) is 0 Å². The molecule has 7 heterocycles. The van der Waals surface area contributed by atoms with Crippen LogP contribution in [0.1, 0.15) is 38.5 Å². The van der Waals surface area contributed by atoms with Crippen LogP contribution >= 0.6 is 11.3 Å². The fourth-order valence-corrected chi connectivity index (χ4v) is 8.24. The highest BCUT2D eigenvalue weighted by molar-refractivity contribution is 7.22. The topological polar surface area (TPSA) is 115 Å². The highest BCUT2D eigenvalue weighted by atomic mass is 32.1. The van der Waals surface area contributed by atoms with Crippen molar-refractivity contribution < 1.29 is 13.9 Å².